The van der Waals surface area contributed by atoms with Crippen molar-refractivity contribution >= 4 is 27.5 Å². The third-order valence-electron chi connectivity index (χ3n) is 7.65. The number of methoxy groups -OCH3 is 1. The summed E-state index contributed by atoms with van der Waals surface area (Å²) in [5, 5.41) is 2.93. The number of nitrogens with one attached hydrogen (secondary N) is 1. The number of hydrogen-bond acceptors (Lipinski definition) is 5. The predicted octanol–water partition coefficient (Wildman–Crippen LogP) is 5.89. The fourth-order valence-corrected chi connectivity index (χ4v) is 6.40. The van der Waals surface area contributed by atoms with Gasteiger partial charge in [0.2, 0.25) is 11.8 Å². The number of aryl methyl sites for hydroxylation is 1. The molecule has 1 N–H and O–H groups in total. The predicted molar refractivity (Wildman–Crippen MR) is 178 cm³/mol. The largest absolute Gasteiger partial charge is 0.497 e. The number of unbranched alkanes of at least 4 members (excludes halogenated alkanes) is 1. The van der Waals surface area contributed by atoms with E-state index in [0.717, 1.165) is 28.3 Å². The minimum atomic E-state index is -4.25. The maximum atomic E-state index is 15.0. The normalized spacial score (nSPS) is 11.8. The highest BCUT2D eigenvalue weighted by molar-refractivity contribution is 7.92. The van der Waals surface area contributed by atoms with E-state index >= 15 is 4.39 Å². The maximum Gasteiger partial charge on any atom is 0.264 e. The average Bonchev–Trinajstić information content (AvgIpc) is 3.06. The Morgan fingerprint density at radius 3 is 2.17 bits per heavy atom. The van der Waals surface area contributed by atoms with Crippen molar-refractivity contribution in [1.82, 2.24) is 10.2 Å². The van der Waals surface area contributed by atoms with Crippen molar-refractivity contribution in [1.29, 1.82) is 0 Å². The van der Waals surface area contributed by atoms with Crippen molar-refractivity contribution in [2.45, 2.75) is 50.6 Å². The molecule has 46 heavy (non-hydrogen) atoms. The minimum Gasteiger partial charge on any atom is -0.497 e. The maximum absolute atomic E-state index is 15.0. The SMILES string of the molecule is CCCCNC(=O)[C@H](Cc1ccccc1)N(Cc1ccccc1F)C(=O)CN(c1ccc(OC)cc1)S(=O)(=O)c1ccc(C)cc1. The number of nitrogens with zero attached hydrogens (tertiary/aromatic N) is 2. The molecule has 4 aromatic carbocycles. The zero-order valence-corrected chi connectivity index (χ0v) is 27.2. The van der Waals surface area contributed by atoms with E-state index in [1.54, 1.807) is 54.6 Å². The molecule has 0 radical (unpaired) electrons. The number of amides is 2. The van der Waals surface area contributed by atoms with E-state index < -0.39 is 40.2 Å². The molecular weight excluding hydrogens is 605 g/mol. The molecule has 0 saturated carbocycles. The highest BCUT2D eigenvalue weighted by atomic mass is 32.2. The molecule has 4 aromatic rings. The number of anilines is 1. The van der Waals surface area contributed by atoms with Crippen molar-refractivity contribution in [3.05, 3.63) is 126 Å². The lowest BCUT2D eigenvalue weighted by Gasteiger charge is -2.34. The molecule has 8 nitrogen and oxygen atoms in total. The van der Waals surface area contributed by atoms with Crippen LogP contribution in [0.15, 0.2) is 108 Å². The molecule has 0 fully saturated rings. The van der Waals surface area contributed by atoms with Gasteiger partial charge in [-0.3, -0.25) is 13.9 Å². The van der Waals surface area contributed by atoms with Crippen LogP contribution < -0.4 is 14.4 Å². The Kier molecular flexibility index (Phi) is 11.9. The van der Waals surface area contributed by atoms with Gasteiger partial charge in [0.15, 0.2) is 0 Å². The first-order chi connectivity index (χ1) is 22.1. The Bertz CT molecular complexity index is 1700. The Hall–Kier alpha value is -4.70. The number of ether oxygens (including phenoxy) is 1. The summed E-state index contributed by atoms with van der Waals surface area (Å²) in [5.41, 5.74) is 2.10. The van der Waals surface area contributed by atoms with Crippen molar-refractivity contribution in [3.63, 3.8) is 0 Å². The molecule has 2 amide bonds. The first-order valence-corrected chi connectivity index (χ1v) is 16.7. The van der Waals surface area contributed by atoms with Gasteiger partial charge in [-0.15, -0.1) is 0 Å². The second-order valence-corrected chi connectivity index (χ2v) is 12.8. The van der Waals surface area contributed by atoms with Crippen LogP contribution in [0, 0.1) is 12.7 Å². The van der Waals surface area contributed by atoms with Gasteiger partial charge in [0.1, 0.15) is 24.2 Å². The van der Waals surface area contributed by atoms with Gasteiger partial charge in [0.05, 0.1) is 17.7 Å². The van der Waals surface area contributed by atoms with Crippen LogP contribution in [0.3, 0.4) is 0 Å². The van der Waals surface area contributed by atoms with Crippen LogP contribution in [-0.2, 0) is 32.6 Å². The molecular formula is C36H40FN3O5S. The Morgan fingerprint density at radius 2 is 1.54 bits per heavy atom. The molecule has 0 saturated heterocycles. The topological polar surface area (TPSA) is 96.0 Å². The second kappa shape index (κ2) is 16.0. The van der Waals surface area contributed by atoms with Gasteiger partial charge < -0.3 is 15.0 Å². The van der Waals surface area contributed by atoms with Gasteiger partial charge in [-0.1, -0.05) is 79.6 Å². The van der Waals surface area contributed by atoms with Crippen LogP contribution in [0.1, 0.15) is 36.5 Å². The fourth-order valence-electron chi connectivity index (χ4n) is 4.98. The molecule has 1 atom stereocenters. The van der Waals surface area contributed by atoms with Crippen molar-refractivity contribution in [2.24, 2.45) is 0 Å². The molecule has 0 aromatic heterocycles. The highest BCUT2D eigenvalue weighted by Crippen LogP contribution is 2.27. The number of carbonyl (C=O) groups excluding carboxylic acids is 2. The van der Waals surface area contributed by atoms with Crippen LogP contribution in [-0.4, -0.2) is 51.4 Å². The van der Waals surface area contributed by atoms with Gasteiger partial charge in [-0.25, -0.2) is 12.8 Å². The number of rotatable bonds is 15. The van der Waals surface area contributed by atoms with E-state index in [1.807, 2.05) is 44.2 Å². The molecule has 0 unspecified atom stereocenters. The molecule has 0 aliphatic carbocycles. The van der Waals surface area contributed by atoms with Gasteiger partial charge >= 0.3 is 0 Å². The van der Waals surface area contributed by atoms with Crippen molar-refractivity contribution < 1.29 is 27.1 Å². The van der Waals surface area contributed by atoms with E-state index in [0.29, 0.717) is 12.3 Å². The Balaban J connectivity index is 1.80. The summed E-state index contributed by atoms with van der Waals surface area (Å²) in [6, 6.07) is 26.9. The molecule has 0 aliphatic heterocycles. The molecule has 4 rings (SSSR count). The van der Waals surface area contributed by atoms with Gasteiger partial charge in [-0.2, -0.15) is 0 Å². The Labute approximate surface area is 270 Å². The summed E-state index contributed by atoms with van der Waals surface area (Å²) < 4.78 is 49.6. The first kappa shape index (κ1) is 34.2. The van der Waals surface area contributed by atoms with Crippen LogP contribution >= 0.6 is 0 Å². The highest BCUT2D eigenvalue weighted by Gasteiger charge is 2.35. The van der Waals surface area contributed by atoms with Crippen LogP contribution in [0.2, 0.25) is 0 Å². The average molecular weight is 646 g/mol. The number of benzene rings is 4. The van der Waals surface area contributed by atoms with Crippen LogP contribution in [0.25, 0.3) is 0 Å². The summed E-state index contributed by atoms with van der Waals surface area (Å²) in [6.07, 6.45) is 1.74. The fraction of sp³-hybridized carbons (Fsp3) is 0.278. The molecule has 242 valence electrons. The lowest BCUT2D eigenvalue weighted by Crippen LogP contribution is -2.53. The lowest BCUT2D eigenvalue weighted by atomic mass is 10.0. The Morgan fingerprint density at radius 1 is 0.891 bits per heavy atom. The third-order valence-corrected chi connectivity index (χ3v) is 9.44. The van der Waals surface area contributed by atoms with E-state index in [2.05, 4.69) is 5.32 Å². The minimum absolute atomic E-state index is 0.000478. The van der Waals surface area contributed by atoms with E-state index in [-0.39, 0.29) is 29.1 Å². The standard InChI is InChI=1S/C36H40FN3O5S/c1-4-5-23-38-36(42)34(24-28-11-7-6-8-12-28)39(25-29-13-9-10-14-33(29)37)35(41)26-40(30-17-19-31(45-3)20-18-30)46(43,44)32-21-15-27(2)16-22-32/h6-22,34H,4-5,23-26H2,1-3H3,(H,38,42)/t34-/m0/s1. The zero-order chi connectivity index (χ0) is 33.1. The quantitative estimate of drug-likeness (QED) is 0.163. The number of sulfonamides is 1. The monoisotopic (exact) mass is 645 g/mol. The third kappa shape index (κ3) is 8.72. The van der Waals surface area contributed by atoms with E-state index in [1.165, 1.54) is 30.2 Å². The first-order valence-electron chi connectivity index (χ1n) is 15.2. The lowest BCUT2D eigenvalue weighted by molar-refractivity contribution is -0.140. The van der Waals surface area contributed by atoms with Crippen molar-refractivity contribution in [3.8, 4) is 5.75 Å². The molecule has 0 bridgehead atoms. The smallest absolute Gasteiger partial charge is 0.264 e. The molecule has 0 spiro atoms. The molecule has 0 aliphatic rings. The summed E-state index contributed by atoms with van der Waals surface area (Å²) in [5.74, 6) is -1.10. The van der Waals surface area contributed by atoms with Crippen LogP contribution in [0.4, 0.5) is 10.1 Å². The van der Waals surface area contributed by atoms with Gasteiger partial charge in [0.25, 0.3) is 10.0 Å². The van der Waals surface area contributed by atoms with E-state index in [4.69, 9.17) is 4.74 Å². The van der Waals surface area contributed by atoms with Gasteiger partial charge in [-0.05, 0) is 61.4 Å². The summed E-state index contributed by atoms with van der Waals surface area (Å²) in [6.45, 7) is 3.38. The van der Waals surface area contributed by atoms with Crippen LogP contribution in [0.5, 0.6) is 5.75 Å². The van der Waals surface area contributed by atoms with Crippen molar-refractivity contribution in [2.75, 3.05) is 24.5 Å². The summed E-state index contributed by atoms with van der Waals surface area (Å²) in [4.78, 5) is 29.5. The summed E-state index contributed by atoms with van der Waals surface area (Å²) >= 11 is 0. The van der Waals surface area contributed by atoms with E-state index in [9.17, 15) is 18.0 Å². The number of hydrogen-bond donors (Lipinski definition) is 1. The molecule has 10 heteroatoms. The van der Waals surface area contributed by atoms with Gasteiger partial charge in [0, 0.05) is 25.1 Å². The zero-order valence-electron chi connectivity index (χ0n) is 26.4. The second-order valence-electron chi connectivity index (χ2n) is 11.0. The summed E-state index contributed by atoms with van der Waals surface area (Å²) in [7, 11) is -2.75. The number of halogens is 1. The molecule has 0 heterocycles. The number of carbonyl (C=O) groups is 2.